The highest BCUT2D eigenvalue weighted by molar-refractivity contribution is 7.89. The van der Waals surface area contributed by atoms with E-state index in [-0.39, 0.29) is 23.5 Å². The van der Waals surface area contributed by atoms with Gasteiger partial charge in [0.15, 0.2) is 0 Å². The Morgan fingerprint density at radius 2 is 1.76 bits per heavy atom. The van der Waals surface area contributed by atoms with Gasteiger partial charge in [-0.25, -0.2) is 8.42 Å². The second kappa shape index (κ2) is 9.36. The quantitative estimate of drug-likeness (QED) is 0.555. The summed E-state index contributed by atoms with van der Waals surface area (Å²) in [5.41, 5.74) is -0.669. The third-order valence-corrected chi connectivity index (χ3v) is 7.87. The lowest BCUT2D eigenvalue weighted by Gasteiger charge is -2.21. The fourth-order valence-corrected chi connectivity index (χ4v) is 5.74. The maximum atomic E-state index is 13.2. The van der Waals surface area contributed by atoms with Gasteiger partial charge in [-0.1, -0.05) is 48.0 Å². The fraction of sp³-hybridized carbons (Fsp3) is 0.217. The van der Waals surface area contributed by atoms with Crippen molar-refractivity contribution in [1.82, 2.24) is 14.6 Å². The van der Waals surface area contributed by atoms with Gasteiger partial charge < -0.3 is 5.32 Å². The summed E-state index contributed by atoms with van der Waals surface area (Å²) in [6.45, 7) is 0.00161. The van der Waals surface area contributed by atoms with Crippen LogP contribution in [0, 0.1) is 0 Å². The lowest BCUT2D eigenvalue weighted by Crippen LogP contribution is -2.40. The number of carbonyl (C=O) groups excluding carboxylic acids is 1. The van der Waals surface area contributed by atoms with E-state index in [4.69, 9.17) is 11.6 Å². The van der Waals surface area contributed by atoms with E-state index in [1.807, 2.05) is 0 Å². The van der Waals surface area contributed by atoms with Crippen LogP contribution in [-0.4, -0.2) is 42.7 Å². The Labute approximate surface area is 199 Å². The Balaban J connectivity index is 1.65. The molecule has 1 N–H and O–H groups in total. The molecule has 1 saturated heterocycles. The summed E-state index contributed by atoms with van der Waals surface area (Å²) in [5.74, 6) is -1.25. The van der Waals surface area contributed by atoms with Crippen molar-refractivity contribution >= 4 is 27.5 Å². The Bertz CT molecular complexity index is 1290. The molecule has 11 heteroatoms. The van der Waals surface area contributed by atoms with E-state index in [9.17, 15) is 26.4 Å². The molecule has 0 spiro atoms. The second-order valence-corrected chi connectivity index (χ2v) is 10.1. The average molecular weight is 510 g/mol. The highest BCUT2D eigenvalue weighted by Gasteiger charge is 2.41. The van der Waals surface area contributed by atoms with Crippen LogP contribution >= 0.6 is 11.6 Å². The van der Waals surface area contributed by atoms with Crippen LogP contribution in [-0.2, 0) is 16.2 Å². The summed E-state index contributed by atoms with van der Waals surface area (Å²) in [7, 11) is -3.90. The first-order chi connectivity index (χ1) is 16.1. The van der Waals surface area contributed by atoms with Gasteiger partial charge in [-0.3, -0.25) is 9.78 Å². The number of halogens is 4. The molecule has 0 bridgehead atoms. The van der Waals surface area contributed by atoms with Gasteiger partial charge in [0.1, 0.15) is 4.90 Å². The molecule has 1 aliphatic rings. The second-order valence-electron chi connectivity index (χ2n) is 7.77. The monoisotopic (exact) mass is 509 g/mol. The van der Waals surface area contributed by atoms with Gasteiger partial charge in [-0.15, -0.1) is 0 Å². The maximum Gasteiger partial charge on any atom is 0.417 e. The van der Waals surface area contributed by atoms with E-state index < -0.39 is 44.7 Å². The highest BCUT2D eigenvalue weighted by atomic mass is 35.5. The van der Waals surface area contributed by atoms with Gasteiger partial charge in [0.05, 0.1) is 22.2 Å². The zero-order chi connectivity index (χ0) is 24.5. The molecule has 2 aromatic carbocycles. The van der Waals surface area contributed by atoms with E-state index in [1.54, 1.807) is 30.3 Å². The van der Waals surface area contributed by atoms with Crippen molar-refractivity contribution in [3.63, 3.8) is 0 Å². The molecule has 2 atom stereocenters. The summed E-state index contributed by atoms with van der Waals surface area (Å²) in [5, 5.41) is 2.00. The molecule has 4 rings (SSSR count). The first-order valence-electron chi connectivity index (χ1n) is 10.2. The zero-order valence-electron chi connectivity index (χ0n) is 17.5. The van der Waals surface area contributed by atoms with Crippen molar-refractivity contribution in [3.05, 3.63) is 94.8 Å². The molecule has 34 heavy (non-hydrogen) atoms. The molecular formula is C23H19ClF3N3O3S. The predicted molar refractivity (Wildman–Crippen MR) is 120 cm³/mol. The Kier molecular flexibility index (Phi) is 6.66. The molecule has 1 aromatic heterocycles. The number of hydrogen-bond acceptors (Lipinski definition) is 4. The maximum absolute atomic E-state index is 13.2. The number of nitrogens with zero attached hydrogens (tertiary/aromatic N) is 2. The number of amides is 1. The zero-order valence-corrected chi connectivity index (χ0v) is 19.1. The average Bonchev–Trinajstić information content (AvgIpc) is 3.24. The van der Waals surface area contributed by atoms with E-state index in [1.165, 1.54) is 34.9 Å². The van der Waals surface area contributed by atoms with Crippen molar-refractivity contribution in [2.45, 2.75) is 23.0 Å². The normalized spacial score (nSPS) is 19.2. The van der Waals surface area contributed by atoms with Gasteiger partial charge in [-0.05, 0) is 29.8 Å². The summed E-state index contributed by atoms with van der Waals surface area (Å²) in [6, 6.07) is 14.3. The minimum atomic E-state index is -4.72. The Hall–Kier alpha value is -2.95. The van der Waals surface area contributed by atoms with Crippen LogP contribution in [0.25, 0.3) is 0 Å². The first-order valence-corrected chi connectivity index (χ1v) is 12.0. The number of aromatic nitrogens is 1. The van der Waals surface area contributed by atoms with Gasteiger partial charge in [0.25, 0.3) is 5.91 Å². The standard InChI is InChI=1S/C23H19ClF3N3O3S/c24-21-17(9-4-10-19(21)23(25,26)27)22(31)29-20-14-30(13-18(20)15-6-2-1-3-7-15)34(32,33)16-8-5-11-28-12-16/h1-12,18,20H,13-14H2,(H,29,31). The topological polar surface area (TPSA) is 79.4 Å². The van der Waals surface area contributed by atoms with Gasteiger partial charge in [0.2, 0.25) is 10.0 Å². The van der Waals surface area contributed by atoms with E-state index in [0.717, 1.165) is 17.7 Å². The largest absolute Gasteiger partial charge is 0.417 e. The molecular weight excluding hydrogens is 491 g/mol. The van der Waals surface area contributed by atoms with Gasteiger partial charge in [0, 0.05) is 31.4 Å². The summed E-state index contributed by atoms with van der Waals surface area (Å²) in [6.07, 6.45) is -2.03. The summed E-state index contributed by atoms with van der Waals surface area (Å²) < 4.78 is 67.2. The van der Waals surface area contributed by atoms with E-state index >= 15 is 0 Å². The summed E-state index contributed by atoms with van der Waals surface area (Å²) in [4.78, 5) is 16.8. The molecule has 1 aliphatic heterocycles. The van der Waals surface area contributed by atoms with Crippen LogP contribution in [0.1, 0.15) is 27.4 Å². The van der Waals surface area contributed by atoms with Crippen LogP contribution in [0.3, 0.4) is 0 Å². The minimum absolute atomic E-state index is 0.00899. The van der Waals surface area contributed by atoms with Crippen LogP contribution in [0.5, 0.6) is 0 Å². The number of rotatable bonds is 5. The van der Waals surface area contributed by atoms with Crippen LogP contribution in [0.15, 0.2) is 78.0 Å². The number of hydrogen-bond donors (Lipinski definition) is 1. The van der Waals surface area contributed by atoms with Crippen LogP contribution in [0.2, 0.25) is 5.02 Å². The number of nitrogens with one attached hydrogen (secondary N) is 1. The number of alkyl halides is 3. The third-order valence-electron chi connectivity index (χ3n) is 5.65. The number of sulfonamides is 1. The smallest absolute Gasteiger partial charge is 0.347 e. The molecule has 1 amide bonds. The van der Waals surface area contributed by atoms with Crippen LogP contribution < -0.4 is 5.32 Å². The lowest BCUT2D eigenvalue weighted by atomic mass is 9.94. The molecule has 1 fully saturated rings. The molecule has 0 aliphatic carbocycles. The Morgan fingerprint density at radius 3 is 2.41 bits per heavy atom. The highest BCUT2D eigenvalue weighted by Crippen LogP contribution is 2.37. The minimum Gasteiger partial charge on any atom is -0.347 e. The van der Waals surface area contributed by atoms with Crippen molar-refractivity contribution in [3.8, 4) is 0 Å². The van der Waals surface area contributed by atoms with Crippen molar-refractivity contribution in [1.29, 1.82) is 0 Å². The van der Waals surface area contributed by atoms with E-state index in [0.29, 0.717) is 0 Å². The van der Waals surface area contributed by atoms with Crippen molar-refractivity contribution < 1.29 is 26.4 Å². The molecule has 2 heterocycles. The fourth-order valence-electron chi connectivity index (χ4n) is 3.97. The van der Waals surface area contributed by atoms with Crippen LogP contribution in [0.4, 0.5) is 13.2 Å². The molecule has 0 radical (unpaired) electrons. The Morgan fingerprint density at radius 1 is 1.03 bits per heavy atom. The molecule has 3 aromatic rings. The SMILES string of the molecule is O=C(NC1CN(S(=O)(=O)c2cccnc2)CC1c1ccccc1)c1cccc(C(F)(F)F)c1Cl. The van der Waals surface area contributed by atoms with Gasteiger partial charge >= 0.3 is 6.18 Å². The lowest BCUT2D eigenvalue weighted by molar-refractivity contribution is -0.137. The molecule has 178 valence electrons. The van der Waals surface area contributed by atoms with E-state index in [2.05, 4.69) is 10.3 Å². The third kappa shape index (κ3) is 4.79. The van der Waals surface area contributed by atoms with Crippen molar-refractivity contribution in [2.75, 3.05) is 13.1 Å². The van der Waals surface area contributed by atoms with Crippen molar-refractivity contribution in [2.24, 2.45) is 0 Å². The number of carbonyl (C=O) groups is 1. The number of pyridine rings is 1. The van der Waals surface area contributed by atoms with Gasteiger partial charge in [-0.2, -0.15) is 17.5 Å². The predicted octanol–water partition coefficient (Wildman–Crippen LogP) is 4.34. The molecule has 6 nitrogen and oxygen atoms in total. The molecule has 2 unspecified atom stereocenters. The number of benzene rings is 2. The first kappa shape index (κ1) is 24.2. The molecule has 0 saturated carbocycles. The summed E-state index contributed by atoms with van der Waals surface area (Å²) >= 11 is 5.91.